The normalized spacial score (nSPS) is 28.6. The number of halogens is 1. The van der Waals surface area contributed by atoms with E-state index in [-0.39, 0.29) is 10.7 Å². The second kappa shape index (κ2) is 6.63. The molecular weight excluding hydrogens is 266 g/mol. The number of nitrogens with one attached hydrogen (secondary N) is 1. The van der Waals surface area contributed by atoms with Crippen molar-refractivity contribution in [3.05, 3.63) is 0 Å². The van der Waals surface area contributed by atoms with Crippen molar-refractivity contribution in [1.29, 1.82) is 0 Å². The molecule has 0 aromatic heterocycles. The molecule has 0 aromatic rings. The van der Waals surface area contributed by atoms with Gasteiger partial charge in [-0.2, -0.15) is 0 Å². The van der Waals surface area contributed by atoms with E-state index in [9.17, 15) is 4.79 Å². The van der Waals surface area contributed by atoms with Gasteiger partial charge in [0, 0.05) is 6.04 Å². The van der Waals surface area contributed by atoms with Crippen molar-refractivity contribution in [3.63, 3.8) is 0 Å². The Labute approximate surface area is 108 Å². The maximum absolute atomic E-state index is 11.9. The number of rotatable bonds is 3. The van der Waals surface area contributed by atoms with Gasteiger partial charge in [0.05, 0.1) is 4.83 Å². The summed E-state index contributed by atoms with van der Waals surface area (Å²) >= 11 is 3.45. The van der Waals surface area contributed by atoms with Crippen molar-refractivity contribution in [2.45, 2.75) is 63.7 Å². The molecule has 1 saturated carbocycles. The topological polar surface area (TPSA) is 29.1 Å². The van der Waals surface area contributed by atoms with Crippen molar-refractivity contribution in [1.82, 2.24) is 5.32 Å². The molecule has 0 aromatic carbocycles. The highest BCUT2D eigenvalue weighted by Gasteiger charge is 2.23. The molecule has 1 aliphatic carbocycles. The van der Waals surface area contributed by atoms with Gasteiger partial charge < -0.3 is 5.32 Å². The van der Waals surface area contributed by atoms with Gasteiger partial charge in [0.2, 0.25) is 5.91 Å². The zero-order chi connectivity index (χ0) is 12.1. The average molecular weight is 290 g/mol. The monoisotopic (exact) mass is 289 g/mol. The summed E-state index contributed by atoms with van der Waals surface area (Å²) in [5.74, 6) is 1.34. The highest BCUT2D eigenvalue weighted by molar-refractivity contribution is 9.10. The molecule has 3 heteroatoms. The third-order valence-corrected chi connectivity index (χ3v) is 4.91. The highest BCUT2D eigenvalue weighted by atomic mass is 79.9. The lowest BCUT2D eigenvalue weighted by atomic mass is 10.0. The van der Waals surface area contributed by atoms with Crippen LogP contribution in [0.2, 0.25) is 0 Å². The summed E-state index contributed by atoms with van der Waals surface area (Å²) in [5.41, 5.74) is 0. The molecule has 0 aliphatic heterocycles. The molecule has 3 unspecified atom stereocenters. The van der Waals surface area contributed by atoms with Crippen molar-refractivity contribution >= 4 is 21.8 Å². The molecule has 16 heavy (non-hydrogen) atoms. The maximum Gasteiger partial charge on any atom is 0.234 e. The van der Waals surface area contributed by atoms with E-state index in [2.05, 4.69) is 42.0 Å². The first kappa shape index (κ1) is 14.0. The van der Waals surface area contributed by atoms with Crippen LogP contribution < -0.4 is 5.32 Å². The highest BCUT2D eigenvalue weighted by Crippen LogP contribution is 2.23. The van der Waals surface area contributed by atoms with E-state index in [1.54, 1.807) is 0 Å². The molecule has 1 fully saturated rings. The fraction of sp³-hybridized carbons (Fsp3) is 0.923. The van der Waals surface area contributed by atoms with E-state index in [0.717, 1.165) is 18.8 Å². The number of alkyl halides is 1. The Balaban J connectivity index is 2.38. The second-order valence-electron chi connectivity index (χ2n) is 5.46. The lowest BCUT2D eigenvalue weighted by molar-refractivity contribution is -0.121. The maximum atomic E-state index is 11.9. The Hall–Kier alpha value is -0.0500. The van der Waals surface area contributed by atoms with Crippen LogP contribution in [0, 0.1) is 11.8 Å². The molecule has 1 amide bonds. The Kier molecular flexibility index (Phi) is 5.81. The standard InChI is InChI=1S/C13H24BrNO/c1-9(2)12(14)13(16)15-11-6-4-5-10(3)7-8-11/h9-12H,4-8H2,1-3H3,(H,15,16). The molecule has 94 valence electrons. The lowest BCUT2D eigenvalue weighted by Gasteiger charge is -2.20. The van der Waals surface area contributed by atoms with Gasteiger partial charge in [-0.15, -0.1) is 0 Å². The Morgan fingerprint density at radius 2 is 1.94 bits per heavy atom. The van der Waals surface area contributed by atoms with Gasteiger partial charge >= 0.3 is 0 Å². The number of hydrogen-bond donors (Lipinski definition) is 1. The SMILES string of the molecule is CC1CCCC(NC(=O)C(Br)C(C)C)CC1. The van der Waals surface area contributed by atoms with Crippen molar-refractivity contribution in [3.8, 4) is 0 Å². The van der Waals surface area contributed by atoms with Gasteiger partial charge in [0.15, 0.2) is 0 Å². The first-order valence-electron chi connectivity index (χ1n) is 6.45. The second-order valence-corrected chi connectivity index (χ2v) is 6.45. The zero-order valence-corrected chi connectivity index (χ0v) is 12.2. The molecule has 0 heterocycles. The fourth-order valence-electron chi connectivity index (χ4n) is 2.21. The number of carbonyl (C=O) groups is 1. The van der Waals surface area contributed by atoms with E-state index in [1.165, 1.54) is 19.3 Å². The van der Waals surface area contributed by atoms with Crippen LogP contribution in [0.25, 0.3) is 0 Å². The molecule has 0 saturated heterocycles. The van der Waals surface area contributed by atoms with Crippen molar-refractivity contribution < 1.29 is 4.79 Å². The Bertz CT molecular complexity index is 230. The van der Waals surface area contributed by atoms with Gasteiger partial charge in [0.1, 0.15) is 0 Å². The summed E-state index contributed by atoms with van der Waals surface area (Å²) in [5, 5.41) is 3.17. The summed E-state index contributed by atoms with van der Waals surface area (Å²) in [6, 6.07) is 0.399. The van der Waals surface area contributed by atoms with Crippen LogP contribution in [0.4, 0.5) is 0 Å². The van der Waals surface area contributed by atoms with E-state index in [4.69, 9.17) is 0 Å². The van der Waals surface area contributed by atoms with Crippen LogP contribution in [0.5, 0.6) is 0 Å². The summed E-state index contributed by atoms with van der Waals surface area (Å²) in [6.07, 6.45) is 6.10. The van der Waals surface area contributed by atoms with E-state index in [1.807, 2.05) is 0 Å². The van der Waals surface area contributed by atoms with Crippen LogP contribution >= 0.6 is 15.9 Å². The molecule has 3 atom stereocenters. The van der Waals surface area contributed by atoms with E-state index >= 15 is 0 Å². The minimum Gasteiger partial charge on any atom is -0.352 e. The largest absolute Gasteiger partial charge is 0.352 e. The zero-order valence-electron chi connectivity index (χ0n) is 10.6. The first-order chi connectivity index (χ1) is 7.50. The molecule has 1 rings (SSSR count). The van der Waals surface area contributed by atoms with Gasteiger partial charge in [-0.05, 0) is 31.1 Å². The van der Waals surface area contributed by atoms with Crippen molar-refractivity contribution in [2.24, 2.45) is 11.8 Å². The van der Waals surface area contributed by atoms with Crippen molar-refractivity contribution in [2.75, 3.05) is 0 Å². The molecular formula is C13H24BrNO. The molecule has 2 nitrogen and oxygen atoms in total. The minimum atomic E-state index is -0.0480. The minimum absolute atomic E-state index is 0.0480. The molecule has 1 N–H and O–H groups in total. The van der Waals surface area contributed by atoms with Crippen LogP contribution in [0.15, 0.2) is 0 Å². The first-order valence-corrected chi connectivity index (χ1v) is 7.36. The molecule has 0 spiro atoms. The van der Waals surface area contributed by atoms with Crippen LogP contribution in [0.1, 0.15) is 52.9 Å². The van der Waals surface area contributed by atoms with Gasteiger partial charge in [-0.25, -0.2) is 0 Å². The summed E-state index contributed by atoms with van der Waals surface area (Å²) < 4.78 is 0. The summed E-state index contributed by atoms with van der Waals surface area (Å²) in [6.45, 7) is 6.44. The van der Waals surface area contributed by atoms with Gasteiger partial charge in [-0.3, -0.25) is 4.79 Å². The van der Waals surface area contributed by atoms with E-state index in [0.29, 0.717) is 12.0 Å². The fourth-order valence-corrected chi connectivity index (χ4v) is 2.35. The lowest BCUT2D eigenvalue weighted by Crippen LogP contribution is -2.40. The summed E-state index contributed by atoms with van der Waals surface area (Å²) in [7, 11) is 0. The predicted molar refractivity (Wildman–Crippen MR) is 71.7 cm³/mol. The third-order valence-electron chi connectivity index (χ3n) is 3.44. The quantitative estimate of drug-likeness (QED) is 0.625. The third kappa shape index (κ3) is 4.44. The van der Waals surface area contributed by atoms with Crippen LogP contribution in [-0.4, -0.2) is 16.8 Å². The van der Waals surface area contributed by atoms with Crippen LogP contribution in [0.3, 0.4) is 0 Å². The molecule has 0 radical (unpaired) electrons. The van der Waals surface area contributed by atoms with E-state index < -0.39 is 0 Å². The Morgan fingerprint density at radius 1 is 1.25 bits per heavy atom. The predicted octanol–water partition coefficient (Wildman–Crippen LogP) is 3.49. The smallest absolute Gasteiger partial charge is 0.234 e. The number of hydrogen-bond acceptors (Lipinski definition) is 1. The Morgan fingerprint density at radius 3 is 2.56 bits per heavy atom. The molecule has 1 aliphatic rings. The van der Waals surface area contributed by atoms with Crippen LogP contribution in [-0.2, 0) is 4.79 Å². The average Bonchev–Trinajstić information content (AvgIpc) is 2.42. The van der Waals surface area contributed by atoms with Gasteiger partial charge in [-0.1, -0.05) is 49.5 Å². The molecule has 0 bridgehead atoms. The summed E-state index contributed by atoms with van der Waals surface area (Å²) in [4.78, 5) is 11.8. The van der Waals surface area contributed by atoms with Gasteiger partial charge in [0.25, 0.3) is 0 Å². The number of amides is 1. The number of carbonyl (C=O) groups excluding carboxylic acids is 1.